The van der Waals surface area contributed by atoms with Gasteiger partial charge in [0.1, 0.15) is 0 Å². The molecule has 1 rings (SSSR count). The average Bonchev–Trinajstić information content (AvgIpc) is 2.38. The third kappa shape index (κ3) is 5.53. The number of nitrogens with two attached hydrogens (primary N) is 1. The zero-order valence-corrected chi connectivity index (χ0v) is 13.6. The quantitative estimate of drug-likeness (QED) is 0.648. The molecular formula is C11H24ClN3O4S. The molecule has 0 saturated carbocycles. The van der Waals surface area contributed by atoms with Crippen LogP contribution in [0.1, 0.15) is 13.3 Å². The molecule has 1 atom stereocenters. The Morgan fingerprint density at radius 2 is 1.85 bits per heavy atom. The Bertz CT molecular complexity index is 394. The van der Waals surface area contributed by atoms with Crippen molar-refractivity contribution in [2.45, 2.75) is 19.4 Å². The van der Waals surface area contributed by atoms with Crippen molar-refractivity contribution in [3.8, 4) is 0 Å². The van der Waals surface area contributed by atoms with Gasteiger partial charge in [-0.05, 0) is 13.3 Å². The topological polar surface area (TPSA) is 92.9 Å². The number of halogens is 1. The van der Waals surface area contributed by atoms with Crippen molar-refractivity contribution in [1.29, 1.82) is 0 Å². The number of ether oxygens (including phenoxy) is 1. The molecule has 9 heteroatoms. The highest BCUT2D eigenvalue weighted by Gasteiger charge is 2.29. The lowest BCUT2D eigenvalue weighted by atomic mass is 10.2. The van der Waals surface area contributed by atoms with E-state index in [0.717, 1.165) is 0 Å². The molecule has 0 aromatic rings. The van der Waals surface area contributed by atoms with Crippen LogP contribution in [-0.4, -0.2) is 75.2 Å². The Kier molecular flexibility index (Phi) is 8.60. The molecule has 1 saturated heterocycles. The Labute approximate surface area is 126 Å². The molecule has 0 aromatic heterocycles. The Hall–Kier alpha value is -0.410. The zero-order chi connectivity index (χ0) is 14.5. The summed E-state index contributed by atoms with van der Waals surface area (Å²) in [7, 11) is -1.69. The molecule has 0 bridgehead atoms. The van der Waals surface area contributed by atoms with E-state index in [0.29, 0.717) is 39.2 Å². The molecule has 2 N–H and O–H groups in total. The van der Waals surface area contributed by atoms with Crippen LogP contribution in [0.4, 0.5) is 0 Å². The second kappa shape index (κ2) is 8.78. The first-order valence-corrected chi connectivity index (χ1v) is 8.00. The fraction of sp³-hybridized carbons (Fsp3) is 0.909. The van der Waals surface area contributed by atoms with Gasteiger partial charge in [0.05, 0.1) is 11.8 Å². The Morgan fingerprint density at radius 1 is 1.30 bits per heavy atom. The van der Waals surface area contributed by atoms with Gasteiger partial charge in [-0.15, -0.1) is 12.4 Å². The molecule has 0 radical (unpaired) electrons. The lowest BCUT2D eigenvalue weighted by Gasteiger charge is -2.34. The predicted octanol–water partition coefficient (Wildman–Crippen LogP) is -0.734. The van der Waals surface area contributed by atoms with E-state index in [4.69, 9.17) is 10.5 Å². The largest absolute Gasteiger partial charge is 0.385 e. The number of nitrogens with zero attached hydrogens (tertiary/aromatic N) is 2. The van der Waals surface area contributed by atoms with Crippen LogP contribution in [-0.2, 0) is 19.6 Å². The van der Waals surface area contributed by atoms with Crippen LogP contribution >= 0.6 is 12.4 Å². The summed E-state index contributed by atoms with van der Waals surface area (Å²) in [4.78, 5) is 13.3. The van der Waals surface area contributed by atoms with Crippen molar-refractivity contribution in [3.63, 3.8) is 0 Å². The fourth-order valence-electron chi connectivity index (χ4n) is 1.99. The van der Waals surface area contributed by atoms with E-state index in [1.165, 1.54) is 4.31 Å². The lowest BCUT2D eigenvalue weighted by Crippen LogP contribution is -2.54. The van der Waals surface area contributed by atoms with E-state index in [9.17, 15) is 13.2 Å². The van der Waals surface area contributed by atoms with Crippen molar-refractivity contribution in [2.24, 2.45) is 5.73 Å². The van der Waals surface area contributed by atoms with E-state index in [2.05, 4.69) is 0 Å². The van der Waals surface area contributed by atoms with Gasteiger partial charge < -0.3 is 15.4 Å². The number of methoxy groups -OCH3 is 1. The van der Waals surface area contributed by atoms with E-state index >= 15 is 0 Å². The summed E-state index contributed by atoms with van der Waals surface area (Å²) in [6.45, 7) is 3.56. The van der Waals surface area contributed by atoms with Crippen LogP contribution in [0.2, 0.25) is 0 Å². The van der Waals surface area contributed by atoms with Crippen LogP contribution in [0.15, 0.2) is 0 Å². The van der Waals surface area contributed by atoms with Gasteiger partial charge in [-0.3, -0.25) is 4.79 Å². The van der Waals surface area contributed by atoms with Gasteiger partial charge >= 0.3 is 0 Å². The molecule has 7 nitrogen and oxygen atoms in total. The fourth-order valence-corrected chi connectivity index (χ4v) is 3.45. The summed E-state index contributed by atoms with van der Waals surface area (Å²) in [6.07, 6.45) is 0.484. The van der Waals surface area contributed by atoms with E-state index in [1.807, 2.05) is 0 Å². The van der Waals surface area contributed by atoms with Crippen LogP contribution < -0.4 is 5.73 Å². The second-order valence-corrected chi connectivity index (χ2v) is 6.76. The molecule has 1 aliphatic rings. The zero-order valence-electron chi connectivity index (χ0n) is 11.9. The van der Waals surface area contributed by atoms with Crippen molar-refractivity contribution in [2.75, 3.05) is 45.6 Å². The maximum absolute atomic E-state index is 12.0. The molecule has 1 unspecified atom stereocenters. The van der Waals surface area contributed by atoms with Crippen LogP contribution in [0.3, 0.4) is 0 Å². The number of piperazine rings is 1. The number of rotatable bonds is 6. The van der Waals surface area contributed by atoms with Crippen LogP contribution in [0.25, 0.3) is 0 Å². The molecule has 0 aromatic carbocycles. The molecule has 120 valence electrons. The van der Waals surface area contributed by atoms with Gasteiger partial charge in [-0.1, -0.05) is 0 Å². The van der Waals surface area contributed by atoms with Gasteiger partial charge in [0.2, 0.25) is 15.9 Å². The van der Waals surface area contributed by atoms with Gasteiger partial charge in [0.25, 0.3) is 0 Å². The third-order valence-electron chi connectivity index (χ3n) is 3.08. The van der Waals surface area contributed by atoms with E-state index in [1.54, 1.807) is 18.9 Å². The Balaban J connectivity index is 0.00000361. The van der Waals surface area contributed by atoms with Crippen molar-refractivity contribution >= 4 is 28.3 Å². The van der Waals surface area contributed by atoms with Gasteiger partial charge in [0.15, 0.2) is 0 Å². The third-order valence-corrected chi connectivity index (χ3v) is 5.04. The first-order valence-electron chi connectivity index (χ1n) is 6.39. The smallest absolute Gasteiger partial charge is 0.239 e. The maximum atomic E-state index is 12.0. The van der Waals surface area contributed by atoms with Crippen molar-refractivity contribution in [1.82, 2.24) is 9.21 Å². The number of sulfonamides is 1. The minimum atomic E-state index is -3.24. The van der Waals surface area contributed by atoms with Gasteiger partial charge in [0, 0.05) is 39.9 Å². The van der Waals surface area contributed by atoms with Crippen molar-refractivity contribution < 1.29 is 17.9 Å². The summed E-state index contributed by atoms with van der Waals surface area (Å²) >= 11 is 0. The second-order valence-electron chi connectivity index (χ2n) is 4.68. The minimum absolute atomic E-state index is 0. The molecular weight excluding hydrogens is 306 g/mol. The summed E-state index contributed by atoms with van der Waals surface area (Å²) < 4.78 is 30.3. The number of carbonyl (C=O) groups excluding carboxylic acids is 1. The molecule has 0 aliphatic carbocycles. The van der Waals surface area contributed by atoms with E-state index in [-0.39, 0.29) is 24.1 Å². The summed E-state index contributed by atoms with van der Waals surface area (Å²) in [5.74, 6) is -0.0429. The van der Waals surface area contributed by atoms with Crippen LogP contribution in [0.5, 0.6) is 0 Å². The van der Waals surface area contributed by atoms with Gasteiger partial charge in [-0.2, -0.15) is 4.31 Å². The lowest BCUT2D eigenvalue weighted by molar-refractivity contribution is -0.133. The predicted molar refractivity (Wildman–Crippen MR) is 79.3 cm³/mol. The monoisotopic (exact) mass is 329 g/mol. The standard InChI is InChI=1S/C11H23N3O4S.ClH/c1-10(12)11(15)13-4-6-14(7-5-13)19(16,17)9-3-8-18-2;/h10H,3-9,12H2,1-2H3;1H. The molecule has 1 amide bonds. The highest BCUT2D eigenvalue weighted by atomic mass is 35.5. The van der Waals surface area contributed by atoms with E-state index < -0.39 is 16.1 Å². The van der Waals surface area contributed by atoms with Crippen LogP contribution in [0, 0.1) is 0 Å². The molecule has 1 heterocycles. The first-order chi connectivity index (χ1) is 8.88. The summed E-state index contributed by atoms with van der Waals surface area (Å²) in [6, 6.07) is -0.537. The average molecular weight is 330 g/mol. The number of hydrogen-bond donors (Lipinski definition) is 1. The highest BCUT2D eigenvalue weighted by Crippen LogP contribution is 2.10. The van der Waals surface area contributed by atoms with Crippen molar-refractivity contribution in [3.05, 3.63) is 0 Å². The molecule has 20 heavy (non-hydrogen) atoms. The minimum Gasteiger partial charge on any atom is -0.385 e. The summed E-state index contributed by atoms with van der Waals surface area (Å²) in [5, 5.41) is 0. The normalized spacial score (nSPS) is 18.4. The maximum Gasteiger partial charge on any atom is 0.239 e. The Morgan fingerprint density at radius 3 is 2.30 bits per heavy atom. The van der Waals surface area contributed by atoms with Gasteiger partial charge in [-0.25, -0.2) is 8.42 Å². The molecule has 0 spiro atoms. The molecule has 1 aliphatic heterocycles. The first kappa shape index (κ1) is 19.6. The highest BCUT2D eigenvalue weighted by molar-refractivity contribution is 7.89. The molecule has 1 fully saturated rings. The number of hydrogen-bond acceptors (Lipinski definition) is 5. The number of carbonyl (C=O) groups is 1. The summed E-state index contributed by atoms with van der Waals surface area (Å²) in [5.41, 5.74) is 5.53. The SMILES string of the molecule is COCCCS(=O)(=O)N1CCN(C(=O)C(C)N)CC1.Cl. The number of amides is 1.